The number of amides is 1. The molecule has 182 valence electrons. The van der Waals surface area contributed by atoms with Crippen molar-refractivity contribution in [1.29, 1.82) is 0 Å². The Bertz CT molecular complexity index is 1280. The molecular weight excluding hydrogens is 464 g/mol. The van der Waals surface area contributed by atoms with Crippen molar-refractivity contribution in [3.05, 3.63) is 80.5 Å². The predicted octanol–water partition coefficient (Wildman–Crippen LogP) is 6.78. The molecule has 6 heteroatoms. The Morgan fingerprint density at radius 3 is 2.17 bits per heavy atom. The second-order valence-corrected chi connectivity index (χ2v) is 11.8. The van der Waals surface area contributed by atoms with Crippen LogP contribution in [0.2, 0.25) is 0 Å². The van der Waals surface area contributed by atoms with Crippen LogP contribution in [-0.4, -0.2) is 17.7 Å². The molecule has 0 unspecified atom stereocenters. The molecule has 3 nitrogen and oxygen atoms in total. The number of thiophene rings is 1. The zero-order valence-corrected chi connectivity index (χ0v) is 21.0. The van der Waals surface area contributed by atoms with E-state index in [2.05, 4.69) is 5.32 Å². The van der Waals surface area contributed by atoms with Crippen LogP contribution in [0.15, 0.2) is 42.5 Å². The first kappa shape index (κ1) is 23.9. The first-order valence-corrected chi connectivity index (χ1v) is 12.9. The number of Topliss-reactive ketones (excluding diaryl/α,β-unsaturated/α-hetero) is 1. The lowest BCUT2D eigenvalue weighted by molar-refractivity contribution is -0.134. The fraction of sp³-hybridized carbons (Fsp3) is 0.379. The molecule has 1 spiro atoms. The normalized spacial score (nSPS) is 23.0. The Morgan fingerprint density at radius 1 is 0.943 bits per heavy atom. The highest BCUT2D eigenvalue weighted by Crippen LogP contribution is 2.58. The molecule has 0 bridgehead atoms. The van der Waals surface area contributed by atoms with Gasteiger partial charge in [0.15, 0.2) is 0 Å². The maximum absolute atomic E-state index is 13.6. The van der Waals surface area contributed by atoms with Crippen molar-refractivity contribution >= 4 is 23.0 Å². The zero-order chi connectivity index (χ0) is 24.9. The van der Waals surface area contributed by atoms with Crippen LogP contribution in [0.5, 0.6) is 0 Å². The van der Waals surface area contributed by atoms with Gasteiger partial charge in [0.25, 0.3) is 5.91 Å². The molecule has 3 aromatic rings. The number of halogens is 2. The minimum Gasteiger partial charge on any atom is -0.349 e. The number of nitrogens with one attached hydrogen (secondary N) is 1. The molecule has 1 N–H and O–H groups in total. The van der Waals surface area contributed by atoms with Crippen LogP contribution in [0.4, 0.5) is 8.78 Å². The van der Waals surface area contributed by atoms with Gasteiger partial charge in [-0.2, -0.15) is 0 Å². The Hall–Kier alpha value is -2.86. The van der Waals surface area contributed by atoms with Crippen molar-refractivity contribution in [3.63, 3.8) is 0 Å². The number of hydrogen-bond acceptors (Lipinski definition) is 3. The summed E-state index contributed by atoms with van der Waals surface area (Å²) >= 11 is 1.64. The number of rotatable bonds is 6. The third-order valence-electron chi connectivity index (χ3n) is 7.77. The number of carbonyl (C=O) groups is 2. The van der Waals surface area contributed by atoms with Gasteiger partial charge >= 0.3 is 0 Å². The Balaban J connectivity index is 1.27. The van der Waals surface area contributed by atoms with Gasteiger partial charge in [0.1, 0.15) is 17.4 Å². The Labute approximate surface area is 208 Å². The summed E-state index contributed by atoms with van der Waals surface area (Å²) in [4.78, 5) is 26.9. The van der Waals surface area contributed by atoms with Gasteiger partial charge in [-0.05, 0) is 92.7 Å². The second kappa shape index (κ2) is 8.98. The number of ketones is 1. The van der Waals surface area contributed by atoms with Gasteiger partial charge in [0.05, 0.1) is 5.56 Å². The molecule has 1 aromatic heterocycles. The maximum Gasteiger partial charge on any atom is 0.252 e. The molecule has 2 aliphatic carbocycles. The summed E-state index contributed by atoms with van der Waals surface area (Å²) in [5, 5.41) is 3.23. The lowest BCUT2D eigenvalue weighted by atomic mass is 9.49. The van der Waals surface area contributed by atoms with E-state index in [9.17, 15) is 18.4 Å². The van der Waals surface area contributed by atoms with Crippen LogP contribution in [-0.2, 0) is 11.2 Å². The first-order chi connectivity index (χ1) is 16.6. The van der Waals surface area contributed by atoms with E-state index in [0.717, 1.165) is 63.8 Å². The summed E-state index contributed by atoms with van der Waals surface area (Å²) in [5.74, 6) is -0.717. The summed E-state index contributed by atoms with van der Waals surface area (Å²) in [5.41, 5.74) is 4.33. The number of hydrogen-bond donors (Lipinski definition) is 1. The van der Waals surface area contributed by atoms with Gasteiger partial charge in [-0.15, -0.1) is 11.3 Å². The summed E-state index contributed by atoms with van der Waals surface area (Å²) in [7, 11) is 0. The standard InChI is InChI=1S/C29H29F2NO2S/c1-16(33)22-12-29(13-22)14-25(15-29)32-28(34)27-18(3)35-17(2)26(27)8-19-4-6-20(7-5-19)21-9-23(30)11-24(31)10-21/h4-7,9-11,22,25H,8,12-15H2,1-3H3,(H,32,34). The monoisotopic (exact) mass is 493 g/mol. The molecule has 0 saturated heterocycles. The van der Waals surface area contributed by atoms with Crippen molar-refractivity contribution in [2.45, 2.75) is 58.9 Å². The van der Waals surface area contributed by atoms with Gasteiger partial charge < -0.3 is 5.32 Å². The molecule has 2 aliphatic rings. The SMILES string of the molecule is CC(=O)C1CC2(CC(NC(=O)c3c(C)sc(C)c3Cc3ccc(-c4cc(F)cc(F)c4)cc3)C2)C1. The van der Waals surface area contributed by atoms with Crippen molar-refractivity contribution in [2.75, 3.05) is 0 Å². The van der Waals surface area contributed by atoms with Crippen molar-refractivity contribution in [1.82, 2.24) is 5.32 Å². The van der Waals surface area contributed by atoms with E-state index in [0.29, 0.717) is 12.0 Å². The average molecular weight is 494 g/mol. The zero-order valence-electron chi connectivity index (χ0n) is 20.2. The summed E-state index contributed by atoms with van der Waals surface area (Å²) in [6.07, 6.45) is 4.47. The highest BCUT2D eigenvalue weighted by Gasteiger charge is 2.54. The summed E-state index contributed by atoms with van der Waals surface area (Å²) < 4.78 is 27.2. The molecular formula is C29H29F2NO2S. The van der Waals surface area contributed by atoms with Crippen molar-refractivity contribution < 1.29 is 18.4 Å². The molecule has 2 aromatic carbocycles. The van der Waals surface area contributed by atoms with E-state index in [1.54, 1.807) is 18.3 Å². The van der Waals surface area contributed by atoms with Crippen LogP contribution in [0, 0.1) is 36.8 Å². The Kier molecular flexibility index (Phi) is 6.12. The van der Waals surface area contributed by atoms with Crippen molar-refractivity contribution in [2.24, 2.45) is 11.3 Å². The summed E-state index contributed by atoms with van der Waals surface area (Å²) in [6, 6.07) is 11.3. The largest absolute Gasteiger partial charge is 0.349 e. The van der Waals surface area contributed by atoms with Gasteiger partial charge in [-0.3, -0.25) is 9.59 Å². The number of benzene rings is 2. The van der Waals surface area contributed by atoms with Gasteiger partial charge in [0, 0.05) is 27.8 Å². The van der Waals surface area contributed by atoms with E-state index >= 15 is 0 Å². The van der Waals surface area contributed by atoms with Crippen molar-refractivity contribution in [3.8, 4) is 11.1 Å². The minimum atomic E-state index is -0.600. The molecule has 2 saturated carbocycles. The highest BCUT2D eigenvalue weighted by atomic mass is 32.1. The van der Waals surface area contributed by atoms with Crippen LogP contribution < -0.4 is 5.32 Å². The Morgan fingerprint density at radius 2 is 1.57 bits per heavy atom. The highest BCUT2D eigenvalue weighted by molar-refractivity contribution is 7.12. The third-order valence-corrected chi connectivity index (χ3v) is 8.83. The molecule has 5 rings (SSSR count). The number of carbonyl (C=O) groups excluding carboxylic acids is 2. The quantitative estimate of drug-likeness (QED) is 0.411. The predicted molar refractivity (Wildman–Crippen MR) is 135 cm³/mol. The van der Waals surface area contributed by atoms with E-state index in [1.807, 2.05) is 38.1 Å². The maximum atomic E-state index is 13.6. The lowest BCUT2D eigenvalue weighted by Gasteiger charge is -2.57. The molecule has 0 aliphatic heterocycles. The number of aryl methyl sites for hydroxylation is 2. The van der Waals surface area contributed by atoms with Gasteiger partial charge in [-0.1, -0.05) is 24.3 Å². The average Bonchev–Trinajstić information content (AvgIpc) is 3.01. The van der Waals surface area contributed by atoms with Gasteiger partial charge in [0.2, 0.25) is 0 Å². The molecule has 1 heterocycles. The minimum absolute atomic E-state index is 0.0176. The van der Waals surface area contributed by atoms with E-state index < -0.39 is 11.6 Å². The van der Waals surface area contributed by atoms with Crippen LogP contribution >= 0.6 is 11.3 Å². The molecule has 35 heavy (non-hydrogen) atoms. The second-order valence-electron chi connectivity index (χ2n) is 10.4. The molecule has 0 atom stereocenters. The topological polar surface area (TPSA) is 46.2 Å². The molecule has 1 amide bonds. The fourth-order valence-corrected chi connectivity index (χ4v) is 7.01. The third kappa shape index (κ3) is 4.68. The summed E-state index contributed by atoms with van der Waals surface area (Å²) in [6.45, 7) is 5.71. The molecule has 0 radical (unpaired) electrons. The molecule has 2 fully saturated rings. The smallest absolute Gasteiger partial charge is 0.252 e. The van der Waals surface area contributed by atoms with E-state index in [4.69, 9.17) is 0 Å². The van der Waals surface area contributed by atoms with Crippen LogP contribution in [0.1, 0.15) is 63.8 Å². The van der Waals surface area contributed by atoms with Crippen LogP contribution in [0.25, 0.3) is 11.1 Å². The lowest BCUT2D eigenvalue weighted by Crippen LogP contribution is -2.57. The fourth-order valence-electron chi connectivity index (χ4n) is 5.93. The van der Waals surface area contributed by atoms with Gasteiger partial charge in [-0.25, -0.2) is 8.78 Å². The van der Waals surface area contributed by atoms with Crippen LogP contribution in [0.3, 0.4) is 0 Å². The first-order valence-electron chi connectivity index (χ1n) is 12.1. The van der Waals surface area contributed by atoms with E-state index in [-0.39, 0.29) is 29.1 Å². The van der Waals surface area contributed by atoms with E-state index in [1.165, 1.54) is 12.1 Å².